The first-order valence-electron chi connectivity index (χ1n) is 9.35. The number of nitrogens with one attached hydrogen (secondary N) is 3. The Morgan fingerprint density at radius 2 is 1.96 bits per heavy atom. The maximum Gasteiger partial charge on any atom is 0.264 e. The SMILES string of the molecule is O=C1CCC(N2C(=O)c3cccc(NCC4CCCNC4)c3C2=O)C(=O)N1. The molecule has 3 aliphatic rings. The first-order valence-corrected chi connectivity index (χ1v) is 9.35. The normalized spacial score (nSPS) is 25.4. The van der Waals surface area contributed by atoms with Crippen molar-refractivity contribution in [3.05, 3.63) is 29.3 Å². The summed E-state index contributed by atoms with van der Waals surface area (Å²) in [4.78, 5) is 50.3. The highest BCUT2D eigenvalue weighted by atomic mass is 16.2. The van der Waals surface area contributed by atoms with Gasteiger partial charge in [-0.1, -0.05) is 6.07 Å². The van der Waals surface area contributed by atoms with E-state index in [4.69, 9.17) is 0 Å². The molecule has 4 rings (SSSR count). The molecule has 8 nitrogen and oxygen atoms in total. The van der Waals surface area contributed by atoms with Crippen molar-refractivity contribution in [2.45, 2.75) is 31.7 Å². The number of rotatable bonds is 4. The second-order valence-corrected chi connectivity index (χ2v) is 7.27. The van der Waals surface area contributed by atoms with Gasteiger partial charge in [0.2, 0.25) is 11.8 Å². The Labute approximate surface area is 156 Å². The molecule has 0 bridgehead atoms. The largest absolute Gasteiger partial charge is 0.384 e. The monoisotopic (exact) mass is 370 g/mol. The average molecular weight is 370 g/mol. The molecule has 0 aromatic heterocycles. The van der Waals surface area contributed by atoms with Gasteiger partial charge >= 0.3 is 0 Å². The highest BCUT2D eigenvalue weighted by Crippen LogP contribution is 2.32. The highest BCUT2D eigenvalue weighted by molar-refractivity contribution is 6.25. The van der Waals surface area contributed by atoms with E-state index in [2.05, 4.69) is 16.0 Å². The fourth-order valence-corrected chi connectivity index (χ4v) is 4.01. The number of carbonyl (C=O) groups is 4. The third-order valence-corrected chi connectivity index (χ3v) is 5.45. The zero-order valence-electron chi connectivity index (χ0n) is 14.9. The molecule has 2 saturated heterocycles. The summed E-state index contributed by atoms with van der Waals surface area (Å²) in [5.41, 5.74) is 1.23. The number of imide groups is 2. The molecule has 0 spiro atoms. The van der Waals surface area contributed by atoms with Crippen molar-refractivity contribution in [1.82, 2.24) is 15.5 Å². The predicted molar refractivity (Wildman–Crippen MR) is 97.2 cm³/mol. The topological polar surface area (TPSA) is 108 Å². The van der Waals surface area contributed by atoms with E-state index >= 15 is 0 Å². The second kappa shape index (κ2) is 7.11. The summed E-state index contributed by atoms with van der Waals surface area (Å²) in [5, 5.41) is 8.88. The molecule has 4 amide bonds. The number of nitrogens with zero attached hydrogens (tertiary/aromatic N) is 1. The molecule has 1 aromatic rings. The molecular weight excluding hydrogens is 348 g/mol. The van der Waals surface area contributed by atoms with Crippen molar-refractivity contribution in [1.29, 1.82) is 0 Å². The number of piperidine rings is 2. The summed E-state index contributed by atoms with van der Waals surface area (Å²) < 4.78 is 0. The predicted octanol–water partition coefficient (Wildman–Crippen LogP) is 0.499. The number of carbonyl (C=O) groups excluding carboxylic acids is 4. The lowest BCUT2D eigenvalue weighted by atomic mass is 9.99. The van der Waals surface area contributed by atoms with Crippen molar-refractivity contribution in [3.63, 3.8) is 0 Å². The first kappa shape index (κ1) is 17.7. The van der Waals surface area contributed by atoms with E-state index in [1.54, 1.807) is 18.2 Å². The quantitative estimate of drug-likeness (QED) is 0.666. The Kier molecular flexibility index (Phi) is 4.65. The van der Waals surface area contributed by atoms with Crippen LogP contribution >= 0.6 is 0 Å². The van der Waals surface area contributed by atoms with Gasteiger partial charge in [0, 0.05) is 18.7 Å². The number of hydrogen-bond donors (Lipinski definition) is 3. The van der Waals surface area contributed by atoms with Crippen molar-refractivity contribution >= 4 is 29.3 Å². The van der Waals surface area contributed by atoms with Crippen LogP contribution in [0.3, 0.4) is 0 Å². The molecule has 3 heterocycles. The van der Waals surface area contributed by atoms with Crippen molar-refractivity contribution < 1.29 is 19.2 Å². The molecule has 142 valence electrons. The van der Waals surface area contributed by atoms with E-state index in [1.165, 1.54) is 0 Å². The van der Waals surface area contributed by atoms with E-state index in [-0.39, 0.29) is 18.7 Å². The number of benzene rings is 1. The third-order valence-electron chi connectivity index (χ3n) is 5.45. The van der Waals surface area contributed by atoms with Crippen molar-refractivity contribution in [2.75, 3.05) is 25.0 Å². The number of hydrogen-bond acceptors (Lipinski definition) is 6. The van der Waals surface area contributed by atoms with Crippen LogP contribution in [0.1, 0.15) is 46.4 Å². The average Bonchev–Trinajstić information content (AvgIpc) is 2.93. The van der Waals surface area contributed by atoms with Crippen LogP contribution in [0.25, 0.3) is 0 Å². The summed E-state index contributed by atoms with van der Waals surface area (Å²) >= 11 is 0. The Morgan fingerprint density at radius 1 is 1.11 bits per heavy atom. The standard InChI is InChI=1S/C19H22N4O4/c24-15-7-6-14(17(25)22-15)23-18(26)12-4-1-5-13(16(12)19(23)27)21-10-11-3-2-8-20-9-11/h1,4-5,11,14,20-21H,2-3,6-10H2,(H,22,24,25). The Balaban J connectivity index is 1.55. The molecule has 0 radical (unpaired) electrons. The van der Waals surface area contributed by atoms with Gasteiger partial charge in [-0.05, 0) is 50.4 Å². The minimum absolute atomic E-state index is 0.115. The van der Waals surface area contributed by atoms with Crippen molar-refractivity contribution in [3.8, 4) is 0 Å². The van der Waals surface area contributed by atoms with Gasteiger partial charge in [0.15, 0.2) is 0 Å². The molecule has 27 heavy (non-hydrogen) atoms. The summed E-state index contributed by atoms with van der Waals surface area (Å²) in [5.74, 6) is -1.46. The fraction of sp³-hybridized carbons (Fsp3) is 0.474. The lowest BCUT2D eigenvalue weighted by Gasteiger charge is -2.28. The van der Waals surface area contributed by atoms with Gasteiger partial charge < -0.3 is 10.6 Å². The maximum absolute atomic E-state index is 13.0. The molecule has 2 atom stereocenters. The van der Waals surface area contributed by atoms with Crippen LogP contribution in [0, 0.1) is 5.92 Å². The van der Waals surface area contributed by atoms with Crippen molar-refractivity contribution in [2.24, 2.45) is 5.92 Å². The van der Waals surface area contributed by atoms with E-state index < -0.39 is 23.8 Å². The van der Waals surface area contributed by atoms with Gasteiger partial charge in [-0.2, -0.15) is 0 Å². The zero-order chi connectivity index (χ0) is 19.0. The number of anilines is 1. The molecule has 2 fully saturated rings. The van der Waals surface area contributed by atoms with Gasteiger partial charge in [0.05, 0.1) is 11.1 Å². The van der Waals surface area contributed by atoms with Gasteiger partial charge in [-0.25, -0.2) is 0 Å². The van der Waals surface area contributed by atoms with Crippen LogP contribution < -0.4 is 16.0 Å². The number of fused-ring (bicyclic) bond motifs is 1. The molecule has 8 heteroatoms. The highest BCUT2D eigenvalue weighted by Gasteiger charge is 2.45. The second-order valence-electron chi connectivity index (χ2n) is 7.27. The minimum Gasteiger partial charge on any atom is -0.384 e. The molecule has 3 aliphatic heterocycles. The molecular formula is C19H22N4O4. The Bertz CT molecular complexity index is 816. The van der Waals surface area contributed by atoms with Crippen LogP contribution in [-0.2, 0) is 9.59 Å². The van der Waals surface area contributed by atoms with Gasteiger partial charge in [0.25, 0.3) is 11.8 Å². The lowest BCUT2D eigenvalue weighted by Crippen LogP contribution is -2.54. The van der Waals surface area contributed by atoms with Gasteiger partial charge in [0.1, 0.15) is 6.04 Å². The van der Waals surface area contributed by atoms with Crippen LogP contribution in [0.4, 0.5) is 5.69 Å². The Morgan fingerprint density at radius 3 is 2.70 bits per heavy atom. The van der Waals surface area contributed by atoms with Gasteiger partial charge in [-0.15, -0.1) is 0 Å². The summed E-state index contributed by atoms with van der Waals surface area (Å²) in [6.45, 7) is 2.67. The summed E-state index contributed by atoms with van der Waals surface area (Å²) in [6.07, 6.45) is 2.51. The molecule has 3 N–H and O–H groups in total. The van der Waals surface area contributed by atoms with Crippen LogP contribution in [0.2, 0.25) is 0 Å². The zero-order valence-corrected chi connectivity index (χ0v) is 14.9. The van der Waals surface area contributed by atoms with Crippen LogP contribution in [0.5, 0.6) is 0 Å². The van der Waals surface area contributed by atoms with Crippen LogP contribution in [-0.4, -0.2) is 54.2 Å². The number of amides is 4. The molecule has 0 aliphatic carbocycles. The van der Waals surface area contributed by atoms with E-state index in [9.17, 15) is 19.2 Å². The minimum atomic E-state index is -0.939. The van der Waals surface area contributed by atoms with Crippen LogP contribution in [0.15, 0.2) is 18.2 Å². The van der Waals surface area contributed by atoms with E-state index in [0.29, 0.717) is 29.3 Å². The molecule has 0 saturated carbocycles. The maximum atomic E-state index is 13.0. The lowest BCUT2D eigenvalue weighted by molar-refractivity contribution is -0.136. The fourth-order valence-electron chi connectivity index (χ4n) is 4.01. The smallest absolute Gasteiger partial charge is 0.264 e. The summed E-state index contributed by atoms with van der Waals surface area (Å²) in [7, 11) is 0. The van der Waals surface area contributed by atoms with Gasteiger partial charge in [-0.3, -0.25) is 29.4 Å². The van der Waals surface area contributed by atoms with E-state index in [0.717, 1.165) is 30.8 Å². The molecule has 2 unspecified atom stereocenters. The summed E-state index contributed by atoms with van der Waals surface area (Å²) in [6, 6.07) is 4.19. The molecule has 1 aromatic carbocycles. The third kappa shape index (κ3) is 3.21. The Hall–Kier alpha value is -2.74. The van der Waals surface area contributed by atoms with E-state index in [1.807, 2.05) is 0 Å². The first-order chi connectivity index (χ1) is 13.1.